The minimum atomic E-state index is -0.934. The lowest BCUT2D eigenvalue weighted by molar-refractivity contribution is -0.131. The van der Waals surface area contributed by atoms with Gasteiger partial charge in [-0.2, -0.15) is 0 Å². The van der Waals surface area contributed by atoms with Crippen molar-refractivity contribution in [3.63, 3.8) is 0 Å². The molecule has 0 aromatic heterocycles. The minimum absolute atomic E-state index is 0.0465. The van der Waals surface area contributed by atoms with Crippen molar-refractivity contribution in [2.75, 3.05) is 5.75 Å². The van der Waals surface area contributed by atoms with E-state index in [1.165, 1.54) is 55.9 Å². The molecule has 3 saturated carbocycles. The van der Waals surface area contributed by atoms with Gasteiger partial charge in [0.2, 0.25) is 0 Å². The lowest BCUT2D eigenvalue weighted by Crippen LogP contribution is -2.53. The fraction of sp³-hybridized carbons (Fsp3) is 0.826. The van der Waals surface area contributed by atoms with Crippen molar-refractivity contribution < 1.29 is 14.7 Å². The van der Waals surface area contributed by atoms with Gasteiger partial charge in [0.1, 0.15) is 6.10 Å². The molecule has 3 fully saturated rings. The Morgan fingerprint density at radius 3 is 2.81 bits per heavy atom. The Labute approximate surface area is 167 Å². The van der Waals surface area contributed by atoms with Crippen LogP contribution in [0.1, 0.15) is 72.1 Å². The van der Waals surface area contributed by atoms with Crippen LogP contribution in [-0.2, 0) is 9.59 Å². The van der Waals surface area contributed by atoms with E-state index in [0.29, 0.717) is 29.4 Å². The number of hydrogen-bond acceptors (Lipinski definition) is 4. The smallest absolute Gasteiger partial charge is 0.185 e. The molecule has 2 unspecified atom stereocenters. The quantitative estimate of drug-likeness (QED) is 0.705. The highest BCUT2D eigenvalue weighted by atomic mass is 32.2. The molecule has 0 aliphatic heterocycles. The van der Waals surface area contributed by atoms with Crippen molar-refractivity contribution in [3.05, 3.63) is 11.6 Å². The number of rotatable bonds is 3. The van der Waals surface area contributed by atoms with E-state index in [0.717, 1.165) is 18.3 Å². The van der Waals surface area contributed by atoms with Gasteiger partial charge in [0, 0.05) is 24.5 Å². The first-order valence-electron chi connectivity index (χ1n) is 10.8. The molecule has 7 atom stereocenters. The van der Waals surface area contributed by atoms with Crippen LogP contribution in [0, 0.1) is 34.5 Å². The maximum absolute atomic E-state index is 12.6. The minimum Gasteiger partial charge on any atom is -0.381 e. The number of carbonyl (C=O) groups excluding carboxylic acids is 2. The molecule has 0 radical (unpaired) electrons. The van der Waals surface area contributed by atoms with Gasteiger partial charge in [-0.3, -0.25) is 9.59 Å². The Morgan fingerprint density at radius 2 is 2.11 bits per heavy atom. The summed E-state index contributed by atoms with van der Waals surface area (Å²) in [5, 5.41) is 10.3. The lowest BCUT2D eigenvalue weighted by Gasteiger charge is -2.58. The maximum atomic E-state index is 12.6. The van der Waals surface area contributed by atoms with Crippen molar-refractivity contribution in [1.82, 2.24) is 0 Å². The largest absolute Gasteiger partial charge is 0.381 e. The van der Waals surface area contributed by atoms with Gasteiger partial charge in [0.15, 0.2) is 10.9 Å². The molecule has 4 aliphatic carbocycles. The first-order valence-corrected chi connectivity index (χ1v) is 11.8. The molecule has 0 saturated heterocycles. The van der Waals surface area contributed by atoms with Crippen molar-refractivity contribution in [1.29, 1.82) is 0 Å². The molecule has 27 heavy (non-hydrogen) atoms. The molecule has 4 rings (SSSR count). The predicted molar refractivity (Wildman–Crippen MR) is 109 cm³/mol. The van der Waals surface area contributed by atoms with Crippen LogP contribution in [-0.4, -0.2) is 27.9 Å². The second-order valence-corrected chi connectivity index (χ2v) is 11.2. The Balaban J connectivity index is 1.70. The van der Waals surface area contributed by atoms with E-state index >= 15 is 0 Å². The Hall–Kier alpha value is -0.610. The monoisotopic (exact) mass is 390 g/mol. The van der Waals surface area contributed by atoms with Gasteiger partial charge in [0.25, 0.3) is 0 Å². The summed E-state index contributed by atoms with van der Waals surface area (Å²) in [6.07, 6.45) is 9.96. The van der Waals surface area contributed by atoms with E-state index in [2.05, 4.69) is 13.8 Å². The van der Waals surface area contributed by atoms with Crippen LogP contribution >= 0.6 is 11.8 Å². The highest BCUT2D eigenvalue weighted by Crippen LogP contribution is 2.66. The van der Waals surface area contributed by atoms with E-state index in [-0.39, 0.29) is 16.3 Å². The van der Waals surface area contributed by atoms with Gasteiger partial charge < -0.3 is 5.11 Å². The molecule has 0 aromatic carbocycles. The average molecular weight is 391 g/mol. The molecule has 3 nitrogen and oxygen atoms in total. The Morgan fingerprint density at radius 1 is 1.33 bits per heavy atom. The van der Waals surface area contributed by atoms with Gasteiger partial charge in [-0.1, -0.05) is 37.6 Å². The number of aliphatic hydroxyl groups excluding tert-OH is 1. The van der Waals surface area contributed by atoms with Gasteiger partial charge in [-0.15, -0.1) is 0 Å². The summed E-state index contributed by atoms with van der Waals surface area (Å²) in [4.78, 5) is 24.4. The molecule has 0 amide bonds. The highest BCUT2D eigenvalue weighted by molar-refractivity contribution is 8.13. The SMILES string of the molecule is CCC1C[C@H]2[C@@H]3CCC4=CC(O)C(=O)C[C@]4(CSC(C)=O)[C@@H]3CC[C@]2(C)C1. The third-order valence-electron chi connectivity index (χ3n) is 8.68. The maximum Gasteiger partial charge on any atom is 0.185 e. The number of hydrogen-bond donors (Lipinski definition) is 1. The molecule has 0 heterocycles. The molecular weight excluding hydrogens is 356 g/mol. The number of carbonyl (C=O) groups is 2. The van der Waals surface area contributed by atoms with Crippen molar-refractivity contribution in [2.45, 2.75) is 78.2 Å². The summed E-state index contributed by atoms with van der Waals surface area (Å²) in [5.74, 6) is 3.46. The fourth-order valence-electron chi connectivity index (χ4n) is 7.38. The topological polar surface area (TPSA) is 54.4 Å². The third-order valence-corrected chi connectivity index (χ3v) is 9.75. The molecule has 4 heteroatoms. The molecule has 1 N–H and O–H groups in total. The summed E-state index contributed by atoms with van der Waals surface area (Å²) in [5.41, 5.74) is 1.55. The zero-order valence-electron chi connectivity index (χ0n) is 17.0. The van der Waals surface area contributed by atoms with Crippen molar-refractivity contribution >= 4 is 22.7 Å². The van der Waals surface area contributed by atoms with E-state index in [1.807, 2.05) is 6.08 Å². The second-order valence-electron chi connectivity index (χ2n) is 10.0. The number of aliphatic hydroxyl groups is 1. The molecular formula is C23H34O3S. The number of allylic oxidation sites excluding steroid dienone is 1. The first-order chi connectivity index (χ1) is 12.8. The molecule has 150 valence electrons. The van der Waals surface area contributed by atoms with Crippen LogP contribution in [0.15, 0.2) is 11.6 Å². The number of fused-ring (bicyclic) bond motifs is 5. The normalized spacial score (nSPS) is 46.3. The van der Waals surface area contributed by atoms with Crippen LogP contribution in [0.5, 0.6) is 0 Å². The van der Waals surface area contributed by atoms with Crippen molar-refractivity contribution in [3.8, 4) is 0 Å². The van der Waals surface area contributed by atoms with Crippen molar-refractivity contribution in [2.24, 2.45) is 34.5 Å². The van der Waals surface area contributed by atoms with Crippen LogP contribution < -0.4 is 0 Å². The Bertz CT molecular complexity index is 671. The Kier molecular flexibility index (Phi) is 5.12. The molecule has 0 spiro atoms. The van der Waals surface area contributed by atoms with Crippen LogP contribution in [0.3, 0.4) is 0 Å². The van der Waals surface area contributed by atoms with Gasteiger partial charge in [-0.25, -0.2) is 0 Å². The van der Waals surface area contributed by atoms with E-state index in [9.17, 15) is 14.7 Å². The summed E-state index contributed by atoms with van der Waals surface area (Å²) in [6, 6.07) is 0. The fourth-order valence-corrected chi connectivity index (χ4v) is 8.34. The van der Waals surface area contributed by atoms with E-state index in [4.69, 9.17) is 0 Å². The molecule has 0 bridgehead atoms. The third kappa shape index (κ3) is 3.15. The number of ketones is 1. The molecule has 0 aromatic rings. The van der Waals surface area contributed by atoms with Gasteiger partial charge >= 0.3 is 0 Å². The zero-order chi connectivity index (χ0) is 19.4. The van der Waals surface area contributed by atoms with Gasteiger partial charge in [0.05, 0.1) is 0 Å². The van der Waals surface area contributed by atoms with Gasteiger partial charge in [-0.05, 0) is 73.7 Å². The van der Waals surface area contributed by atoms with E-state index in [1.54, 1.807) is 6.92 Å². The first kappa shape index (κ1) is 19.7. The standard InChI is InChI=1S/C23H34O3S/c1-4-15-9-19-17-6-5-16-10-20(25)21(26)12-23(16,13-27-14(2)24)18(17)7-8-22(19,3)11-15/h10,15,17-20,25H,4-9,11-13H2,1-3H3/t15?,17-,18-,19+,20?,22-,23-/m1/s1. The number of Topliss-reactive ketones (excluding diaryl/α,β-unsaturated/α-hetero) is 1. The average Bonchev–Trinajstić information content (AvgIpc) is 2.98. The predicted octanol–water partition coefficient (Wildman–Crippen LogP) is 4.78. The summed E-state index contributed by atoms with van der Waals surface area (Å²) in [7, 11) is 0. The lowest BCUT2D eigenvalue weighted by atomic mass is 9.47. The molecule has 4 aliphatic rings. The highest BCUT2D eigenvalue weighted by Gasteiger charge is 2.59. The van der Waals surface area contributed by atoms with Crippen LogP contribution in [0.2, 0.25) is 0 Å². The summed E-state index contributed by atoms with van der Waals surface area (Å²) < 4.78 is 0. The summed E-state index contributed by atoms with van der Waals surface area (Å²) >= 11 is 1.39. The summed E-state index contributed by atoms with van der Waals surface area (Å²) in [6.45, 7) is 6.48. The van der Waals surface area contributed by atoms with E-state index < -0.39 is 6.10 Å². The number of thioether (sulfide) groups is 1. The van der Waals surface area contributed by atoms with Crippen LogP contribution in [0.25, 0.3) is 0 Å². The van der Waals surface area contributed by atoms with Crippen LogP contribution in [0.4, 0.5) is 0 Å². The zero-order valence-corrected chi connectivity index (χ0v) is 17.8. The second kappa shape index (κ2) is 7.02.